The van der Waals surface area contributed by atoms with Gasteiger partial charge in [0.2, 0.25) is 0 Å². The Balaban J connectivity index is 1.83. The van der Waals surface area contributed by atoms with E-state index >= 15 is 0 Å². The van der Waals surface area contributed by atoms with Crippen molar-refractivity contribution in [1.82, 2.24) is 15.6 Å². The number of guanidine groups is 1. The molecule has 1 aromatic carbocycles. The number of pyridine rings is 1. The van der Waals surface area contributed by atoms with Gasteiger partial charge in [-0.25, -0.2) is 9.98 Å². The third-order valence-corrected chi connectivity index (χ3v) is 4.07. The summed E-state index contributed by atoms with van der Waals surface area (Å²) in [4.78, 5) is 11.4. The molecule has 0 bridgehead atoms. The van der Waals surface area contributed by atoms with Gasteiger partial charge in [0.05, 0.1) is 13.1 Å². The second-order valence-corrected chi connectivity index (χ2v) is 5.98. The molecule has 0 atom stereocenters. The maximum atomic E-state index is 5.69. The first-order chi connectivity index (χ1) is 13.3. The van der Waals surface area contributed by atoms with Gasteiger partial charge < -0.3 is 20.3 Å². The first-order valence-electron chi connectivity index (χ1n) is 9.66. The van der Waals surface area contributed by atoms with Gasteiger partial charge >= 0.3 is 0 Å². The summed E-state index contributed by atoms with van der Waals surface area (Å²) in [6.07, 6.45) is 1.90. The van der Waals surface area contributed by atoms with Crippen molar-refractivity contribution in [2.24, 2.45) is 4.99 Å². The SMILES string of the molecule is CCNC(=NCc1ccc(N(CC)CC)nc1)NCCOc1ccccc1. The average Bonchev–Trinajstić information content (AvgIpc) is 2.72. The van der Waals surface area contributed by atoms with Crippen molar-refractivity contribution in [3.63, 3.8) is 0 Å². The largest absolute Gasteiger partial charge is 0.492 e. The third kappa shape index (κ3) is 7.17. The van der Waals surface area contributed by atoms with Gasteiger partial charge in [0.15, 0.2) is 5.96 Å². The highest BCUT2D eigenvalue weighted by Gasteiger charge is 2.03. The fourth-order valence-electron chi connectivity index (χ4n) is 2.61. The van der Waals surface area contributed by atoms with Crippen LogP contribution in [-0.4, -0.2) is 43.7 Å². The van der Waals surface area contributed by atoms with E-state index in [0.717, 1.165) is 42.7 Å². The quantitative estimate of drug-likeness (QED) is 0.383. The molecule has 0 fully saturated rings. The van der Waals surface area contributed by atoms with E-state index in [1.54, 1.807) is 0 Å². The Kier molecular flexibility index (Phi) is 8.96. The molecule has 0 aliphatic rings. The molecule has 1 heterocycles. The summed E-state index contributed by atoms with van der Waals surface area (Å²) < 4.78 is 5.69. The molecule has 0 saturated heterocycles. The molecule has 0 saturated carbocycles. The van der Waals surface area contributed by atoms with Crippen LogP contribution >= 0.6 is 0 Å². The van der Waals surface area contributed by atoms with Gasteiger partial charge in [-0.2, -0.15) is 0 Å². The number of aromatic nitrogens is 1. The van der Waals surface area contributed by atoms with Crippen molar-refractivity contribution < 1.29 is 4.74 Å². The summed E-state index contributed by atoms with van der Waals surface area (Å²) in [7, 11) is 0. The van der Waals surface area contributed by atoms with Gasteiger partial charge in [-0.3, -0.25) is 0 Å². The number of aliphatic imine (C=N–C) groups is 1. The number of ether oxygens (including phenoxy) is 1. The van der Waals surface area contributed by atoms with E-state index in [1.165, 1.54) is 0 Å². The zero-order chi connectivity index (χ0) is 19.3. The van der Waals surface area contributed by atoms with Gasteiger partial charge in [0.1, 0.15) is 18.2 Å². The monoisotopic (exact) mass is 369 g/mol. The number of nitrogens with one attached hydrogen (secondary N) is 2. The topological polar surface area (TPSA) is 61.8 Å². The van der Waals surface area contributed by atoms with Crippen LogP contribution in [0.4, 0.5) is 5.82 Å². The molecule has 0 spiro atoms. The summed E-state index contributed by atoms with van der Waals surface area (Å²) in [5.74, 6) is 2.67. The van der Waals surface area contributed by atoms with Crippen molar-refractivity contribution >= 4 is 11.8 Å². The Bertz CT molecular complexity index is 669. The lowest BCUT2D eigenvalue weighted by Gasteiger charge is -2.19. The van der Waals surface area contributed by atoms with E-state index in [0.29, 0.717) is 19.7 Å². The summed E-state index contributed by atoms with van der Waals surface area (Å²) >= 11 is 0. The summed E-state index contributed by atoms with van der Waals surface area (Å²) in [6, 6.07) is 14.0. The first-order valence-corrected chi connectivity index (χ1v) is 9.66. The summed E-state index contributed by atoms with van der Waals surface area (Å²) in [6.45, 7) is 10.9. The lowest BCUT2D eigenvalue weighted by Crippen LogP contribution is -2.39. The Morgan fingerprint density at radius 3 is 2.44 bits per heavy atom. The predicted octanol–water partition coefficient (Wildman–Crippen LogP) is 3.06. The molecule has 0 aliphatic heterocycles. The Labute approximate surface area is 162 Å². The van der Waals surface area contributed by atoms with Crippen molar-refractivity contribution in [2.45, 2.75) is 27.3 Å². The number of para-hydroxylation sites is 1. The first kappa shape index (κ1) is 20.6. The highest BCUT2D eigenvalue weighted by atomic mass is 16.5. The molecule has 2 aromatic rings. The second-order valence-electron chi connectivity index (χ2n) is 5.98. The van der Waals surface area contributed by atoms with E-state index in [2.05, 4.69) is 58.4 Å². The minimum absolute atomic E-state index is 0.578. The Morgan fingerprint density at radius 1 is 1.04 bits per heavy atom. The molecular weight excluding hydrogens is 338 g/mol. The van der Waals surface area contributed by atoms with E-state index < -0.39 is 0 Å². The zero-order valence-corrected chi connectivity index (χ0v) is 16.6. The Morgan fingerprint density at radius 2 is 1.81 bits per heavy atom. The van der Waals surface area contributed by atoms with Crippen LogP contribution in [0, 0.1) is 0 Å². The molecular formula is C21H31N5O. The predicted molar refractivity (Wildman–Crippen MR) is 113 cm³/mol. The van der Waals surface area contributed by atoms with Crippen LogP contribution in [0.25, 0.3) is 0 Å². The van der Waals surface area contributed by atoms with Crippen LogP contribution in [0.15, 0.2) is 53.7 Å². The van der Waals surface area contributed by atoms with Crippen LogP contribution in [0.3, 0.4) is 0 Å². The van der Waals surface area contributed by atoms with Crippen molar-refractivity contribution in [1.29, 1.82) is 0 Å². The lowest BCUT2D eigenvalue weighted by atomic mass is 10.3. The van der Waals surface area contributed by atoms with E-state index in [9.17, 15) is 0 Å². The van der Waals surface area contributed by atoms with Crippen LogP contribution in [-0.2, 0) is 6.54 Å². The van der Waals surface area contributed by atoms with Crippen LogP contribution in [0.5, 0.6) is 5.75 Å². The van der Waals surface area contributed by atoms with E-state index in [-0.39, 0.29) is 0 Å². The molecule has 0 unspecified atom stereocenters. The van der Waals surface area contributed by atoms with Gasteiger partial charge in [0.25, 0.3) is 0 Å². The third-order valence-electron chi connectivity index (χ3n) is 4.07. The second kappa shape index (κ2) is 11.8. The molecule has 1 aromatic heterocycles. The lowest BCUT2D eigenvalue weighted by molar-refractivity contribution is 0.322. The number of hydrogen-bond donors (Lipinski definition) is 2. The van der Waals surface area contributed by atoms with E-state index in [4.69, 9.17) is 4.74 Å². The van der Waals surface area contributed by atoms with Crippen LogP contribution < -0.4 is 20.3 Å². The summed E-state index contributed by atoms with van der Waals surface area (Å²) in [5.41, 5.74) is 1.09. The fraction of sp³-hybridized carbons (Fsp3) is 0.429. The molecule has 27 heavy (non-hydrogen) atoms. The fourth-order valence-corrected chi connectivity index (χ4v) is 2.61. The van der Waals surface area contributed by atoms with Gasteiger partial charge in [-0.05, 0) is 44.5 Å². The number of hydrogen-bond acceptors (Lipinski definition) is 4. The van der Waals surface area contributed by atoms with Crippen molar-refractivity contribution in [2.75, 3.05) is 37.7 Å². The average molecular weight is 370 g/mol. The van der Waals surface area contributed by atoms with Gasteiger partial charge in [-0.1, -0.05) is 24.3 Å². The molecule has 2 rings (SSSR count). The standard InChI is InChI=1S/C21H31N5O/c1-4-22-21(23-14-15-27-19-10-8-7-9-11-19)25-17-18-12-13-20(24-16-18)26(5-2)6-3/h7-13,16H,4-6,14-15,17H2,1-3H3,(H2,22,23,25). The molecule has 146 valence electrons. The maximum absolute atomic E-state index is 5.69. The molecule has 0 radical (unpaired) electrons. The molecule has 6 nitrogen and oxygen atoms in total. The summed E-state index contributed by atoms with van der Waals surface area (Å²) in [5, 5.41) is 6.55. The number of rotatable bonds is 10. The van der Waals surface area contributed by atoms with Crippen molar-refractivity contribution in [3.8, 4) is 5.75 Å². The smallest absolute Gasteiger partial charge is 0.191 e. The highest BCUT2D eigenvalue weighted by molar-refractivity contribution is 5.79. The molecule has 6 heteroatoms. The van der Waals surface area contributed by atoms with Gasteiger partial charge in [0, 0.05) is 25.8 Å². The molecule has 2 N–H and O–H groups in total. The highest BCUT2D eigenvalue weighted by Crippen LogP contribution is 2.11. The maximum Gasteiger partial charge on any atom is 0.191 e. The zero-order valence-electron chi connectivity index (χ0n) is 16.6. The minimum Gasteiger partial charge on any atom is -0.492 e. The molecule has 0 aliphatic carbocycles. The number of benzene rings is 1. The Hall–Kier alpha value is -2.76. The normalized spacial score (nSPS) is 11.1. The van der Waals surface area contributed by atoms with E-state index in [1.807, 2.05) is 36.5 Å². The van der Waals surface area contributed by atoms with Gasteiger partial charge in [-0.15, -0.1) is 0 Å². The molecule has 0 amide bonds. The van der Waals surface area contributed by atoms with Crippen LogP contribution in [0.2, 0.25) is 0 Å². The number of anilines is 1. The van der Waals surface area contributed by atoms with Crippen LogP contribution in [0.1, 0.15) is 26.3 Å². The van der Waals surface area contributed by atoms with Crippen molar-refractivity contribution in [3.05, 3.63) is 54.2 Å². The number of nitrogens with zero attached hydrogens (tertiary/aromatic N) is 3. The minimum atomic E-state index is 0.578.